The Morgan fingerprint density at radius 3 is 2.16 bits per heavy atom. The van der Waals surface area contributed by atoms with Gasteiger partial charge in [0.15, 0.2) is 0 Å². The summed E-state index contributed by atoms with van der Waals surface area (Å²) in [6.45, 7) is 1.25. The third-order valence-corrected chi connectivity index (χ3v) is 7.07. The van der Waals surface area contributed by atoms with Gasteiger partial charge in [0, 0.05) is 18.0 Å². The average Bonchev–Trinajstić information content (AvgIpc) is 3.30. The second-order valence-corrected chi connectivity index (χ2v) is 8.92. The van der Waals surface area contributed by atoms with E-state index in [4.69, 9.17) is 5.11 Å². The van der Waals surface area contributed by atoms with E-state index in [0.717, 1.165) is 25.7 Å². The summed E-state index contributed by atoms with van der Waals surface area (Å²) in [6, 6.07) is 3.32. The van der Waals surface area contributed by atoms with Crippen molar-refractivity contribution in [3.8, 4) is 0 Å². The van der Waals surface area contributed by atoms with Crippen LogP contribution in [0.1, 0.15) is 30.6 Å². The van der Waals surface area contributed by atoms with E-state index in [2.05, 4.69) is 0 Å². The fourth-order valence-corrected chi connectivity index (χ4v) is 5.12. The number of rotatable bonds is 7. The Morgan fingerprint density at radius 1 is 1.16 bits per heavy atom. The molecular formula is C13H19NO3S2. The van der Waals surface area contributed by atoms with Crippen LogP contribution in [0.4, 0.5) is 0 Å². The predicted octanol–water partition coefficient (Wildman–Crippen LogP) is 2.05. The monoisotopic (exact) mass is 301 g/mol. The van der Waals surface area contributed by atoms with Crippen molar-refractivity contribution in [3.05, 3.63) is 17.0 Å². The molecule has 0 amide bonds. The Labute approximate surface area is 118 Å². The summed E-state index contributed by atoms with van der Waals surface area (Å²) in [5.74, 6) is 1.12. The molecule has 1 heterocycles. The zero-order valence-electron chi connectivity index (χ0n) is 10.8. The van der Waals surface area contributed by atoms with Crippen LogP contribution in [0.3, 0.4) is 0 Å². The molecule has 2 aliphatic carbocycles. The van der Waals surface area contributed by atoms with Crippen molar-refractivity contribution in [2.45, 2.75) is 36.5 Å². The molecule has 0 aromatic carbocycles. The number of hydrogen-bond acceptors (Lipinski definition) is 4. The Hall–Kier alpha value is -0.430. The van der Waals surface area contributed by atoms with E-state index >= 15 is 0 Å². The van der Waals surface area contributed by atoms with E-state index in [-0.39, 0.29) is 6.61 Å². The number of nitrogens with zero attached hydrogens (tertiary/aromatic N) is 1. The number of thiophene rings is 1. The average molecular weight is 301 g/mol. The van der Waals surface area contributed by atoms with Crippen LogP contribution in [0.5, 0.6) is 0 Å². The van der Waals surface area contributed by atoms with Gasteiger partial charge in [-0.05, 0) is 49.7 Å². The lowest BCUT2D eigenvalue weighted by Gasteiger charge is -2.21. The van der Waals surface area contributed by atoms with Gasteiger partial charge in [0.2, 0.25) is 0 Å². The van der Waals surface area contributed by atoms with Crippen molar-refractivity contribution in [3.63, 3.8) is 0 Å². The molecule has 106 valence electrons. The molecule has 1 aromatic heterocycles. The molecule has 2 saturated carbocycles. The lowest BCUT2D eigenvalue weighted by molar-refractivity contribution is 0.285. The highest BCUT2D eigenvalue weighted by Crippen LogP contribution is 2.36. The standard InChI is InChI=1S/C13H19NO3S2/c15-9-12-5-6-13(18-12)19(16,17)14(7-10-1-2-10)8-11-3-4-11/h5-6,10-11,15H,1-4,7-9H2. The second-order valence-electron chi connectivity index (χ2n) is 5.59. The van der Waals surface area contributed by atoms with Gasteiger partial charge in [-0.1, -0.05) is 0 Å². The van der Waals surface area contributed by atoms with Gasteiger partial charge in [0.1, 0.15) is 4.21 Å². The molecule has 4 nitrogen and oxygen atoms in total. The van der Waals surface area contributed by atoms with Gasteiger partial charge >= 0.3 is 0 Å². The van der Waals surface area contributed by atoms with Gasteiger partial charge in [-0.15, -0.1) is 11.3 Å². The van der Waals surface area contributed by atoms with Crippen LogP contribution in [-0.4, -0.2) is 30.9 Å². The van der Waals surface area contributed by atoms with Crippen molar-refractivity contribution >= 4 is 21.4 Å². The molecule has 0 radical (unpaired) electrons. The quantitative estimate of drug-likeness (QED) is 0.838. The zero-order chi connectivity index (χ0) is 13.5. The van der Waals surface area contributed by atoms with Crippen LogP contribution in [-0.2, 0) is 16.6 Å². The minimum absolute atomic E-state index is 0.0918. The van der Waals surface area contributed by atoms with E-state index < -0.39 is 10.0 Å². The van der Waals surface area contributed by atoms with Crippen LogP contribution >= 0.6 is 11.3 Å². The summed E-state index contributed by atoms with van der Waals surface area (Å²) in [4.78, 5) is 0.705. The Bertz CT molecular complexity index is 530. The van der Waals surface area contributed by atoms with Gasteiger partial charge < -0.3 is 5.11 Å². The topological polar surface area (TPSA) is 57.6 Å². The van der Waals surface area contributed by atoms with Crippen molar-refractivity contribution in [1.29, 1.82) is 0 Å². The van der Waals surface area contributed by atoms with Gasteiger partial charge in [-0.2, -0.15) is 4.31 Å². The molecule has 0 spiro atoms. The number of aliphatic hydroxyl groups excluding tert-OH is 1. The largest absolute Gasteiger partial charge is 0.391 e. The molecule has 0 atom stereocenters. The minimum atomic E-state index is -3.36. The second kappa shape index (κ2) is 5.16. The van der Waals surface area contributed by atoms with Gasteiger partial charge in [-0.3, -0.25) is 0 Å². The van der Waals surface area contributed by atoms with Crippen molar-refractivity contribution in [2.75, 3.05) is 13.1 Å². The molecular weight excluding hydrogens is 282 g/mol. The maximum absolute atomic E-state index is 12.6. The first kappa shape index (κ1) is 13.5. The number of aliphatic hydroxyl groups is 1. The van der Waals surface area contributed by atoms with E-state index in [9.17, 15) is 8.42 Å². The van der Waals surface area contributed by atoms with E-state index in [0.29, 0.717) is 34.0 Å². The maximum Gasteiger partial charge on any atom is 0.252 e. The molecule has 1 N–H and O–H groups in total. The van der Waals surface area contributed by atoms with Crippen LogP contribution < -0.4 is 0 Å². The summed E-state index contributed by atoms with van der Waals surface area (Å²) in [5, 5.41) is 9.07. The lowest BCUT2D eigenvalue weighted by atomic mass is 10.4. The highest BCUT2D eigenvalue weighted by molar-refractivity contribution is 7.91. The maximum atomic E-state index is 12.6. The zero-order valence-corrected chi connectivity index (χ0v) is 12.4. The molecule has 0 bridgehead atoms. The molecule has 0 aliphatic heterocycles. The first-order valence-corrected chi connectivity index (χ1v) is 9.05. The van der Waals surface area contributed by atoms with Crippen molar-refractivity contribution in [2.24, 2.45) is 11.8 Å². The third kappa shape index (κ3) is 3.18. The van der Waals surface area contributed by atoms with Gasteiger partial charge in [0.05, 0.1) is 6.61 Å². The smallest absolute Gasteiger partial charge is 0.252 e. The lowest BCUT2D eigenvalue weighted by Crippen LogP contribution is -2.34. The third-order valence-electron chi connectivity index (χ3n) is 3.70. The summed E-state index contributed by atoms with van der Waals surface area (Å²) < 4.78 is 27.3. The molecule has 0 unspecified atom stereocenters. The molecule has 19 heavy (non-hydrogen) atoms. The molecule has 6 heteroatoms. The summed E-state index contributed by atoms with van der Waals surface area (Å²) in [7, 11) is -3.36. The van der Waals surface area contributed by atoms with Crippen LogP contribution in [0, 0.1) is 11.8 Å². The summed E-state index contributed by atoms with van der Waals surface area (Å²) in [5.41, 5.74) is 0. The van der Waals surface area contributed by atoms with Crippen LogP contribution in [0.15, 0.2) is 16.3 Å². The van der Waals surface area contributed by atoms with Crippen LogP contribution in [0.2, 0.25) is 0 Å². The molecule has 2 fully saturated rings. The molecule has 1 aromatic rings. The highest BCUT2D eigenvalue weighted by Gasteiger charge is 2.36. The summed E-state index contributed by atoms with van der Waals surface area (Å²) in [6.07, 6.45) is 4.62. The first-order valence-electron chi connectivity index (χ1n) is 6.79. The number of hydrogen-bond donors (Lipinski definition) is 1. The molecule has 2 aliphatic rings. The van der Waals surface area contributed by atoms with Crippen molar-refractivity contribution in [1.82, 2.24) is 4.31 Å². The SMILES string of the molecule is O=S(=O)(c1ccc(CO)s1)N(CC1CC1)CC1CC1. The van der Waals surface area contributed by atoms with Crippen LogP contribution in [0.25, 0.3) is 0 Å². The summed E-state index contributed by atoms with van der Waals surface area (Å²) >= 11 is 1.18. The number of sulfonamides is 1. The first-order chi connectivity index (χ1) is 9.09. The Balaban J connectivity index is 1.80. The van der Waals surface area contributed by atoms with Gasteiger partial charge in [-0.25, -0.2) is 8.42 Å². The highest BCUT2D eigenvalue weighted by atomic mass is 32.2. The normalized spacial score (nSPS) is 20.1. The van der Waals surface area contributed by atoms with Crippen molar-refractivity contribution < 1.29 is 13.5 Å². The molecule has 0 saturated heterocycles. The Kier molecular flexibility index (Phi) is 3.68. The predicted molar refractivity (Wildman–Crippen MR) is 74.4 cm³/mol. The van der Waals surface area contributed by atoms with Gasteiger partial charge in [0.25, 0.3) is 10.0 Å². The fraction of sp³-hybridized carbons (Fsp3) is 0.692. The molecule has 3 rings (SSSR count). The van der Waals surface area contributed by atoms with E-state index in [1.165, 1.54) is 11.3 Å². The van der Waals surface area contributed by atoms with E-state index in [1.807, 2.05) is 0 Å². The Morgan fingerprint density at radius 2 is 1.74 bits per heavy atom. The van der Waals surface area contributed by atoms with E-state index in [1.54, 1.807) is 16.4 Å². The minimum Gasteiger partial charge on any atom is -0.391 e. The fourth-order valence-electron chi connectivity index (χ4n) is 2.16.